The smallest absolute Gasteiger partial charge is 0.158 e. The molecule has 1 aliphatic rings. The topological polar surface area (TPSA) is 17.1 Å². The van der Waals surface area contributed by atoms with Crippen LogP contribution in [0.5, 0.6) is 0 Å². The van der Waals surface area contributed by atoms with E-state index in [1.165, 1.54) is 6.42 Å². The summed E-state index contributed by atoms with van der Waals surface area (Å²) in [6.07, 6.45) is 6.14. The predicted molar refractivity (Wildman–Crippen MR) is 46.4 cm³/mol. The lowest BCUT2D eigenvalue weighted by Crippen LogP contribution is -2.04. The number of Topliss-reactive ketones (excluding diaryl/α,β-unsaturated/α-hetero) is 1. The first-order chi connectivity index (χ1) is 5.20. The molecule has 1 aliphatic carbocycles. The number of rotatable bonds is 3. The predicted octanol–water partition coefficient (Wildman–Crippen LogP) is 2.71. The molecule has 0 aromatic rings. The molecule has 0 bridgehead atoms. The van der Waals surface area contributed by atoms with Crippen LogP contribution < -0.4 is 0 Å². The number of ketones is 1. The van der Waals surface area contributed by atoms with Gasteiger partial charge in [-0.25, -0.2) is 0 Å². The third kappa shape index (κ3) is 2.49. The van der Waals surface area contributed by atoms with Gasteiger partial charge < -0.3 is 0 Å². The Hall–Kier alpha value is -0.590. The Labute approximate surface area is 68.5 Å². The Balaban J connectivity index is 2.41. The normalized spacial score (nSPS) is 17.2. The minimum atomic E-state index is 0.373. The number of hydrogen-bond acceptors (Lipinski definition) is 1. The molecule has 1 rings (SSSR count). The number of carbonyl (C=O) groups is 1. The highest BCUT2D eigenvalue weighted by atomic mass is 16.1. The largest absolute Gasteiger partial charge is 0.295 e. The molecule has 0 saturated heterocycles. The fourth-order valence-electron chi connectivity index (χ4n) is 1.43. The van der Waals surface area contributed by atoms with Crippen molar-refractivity contribution in [3.63, 3.8) is 0 Å². The molecule has 0 N–H and O–H groups in total. The van der Waals surface area contributed by atoms with E-state index in [0.29, 0.717) is 11.7 Å². The molecule has 0 aliphatic heterocycles. The molecule has 62 valence electrons. The molecule has 0 spiro atoms. The van der Waals surface area contributed by atoms with Crippen molar-refractivity contribution in [2.24, 2.45) is 5.92 Å². The van der Waals surface area contributed by atoms with Gasteiger partial charge in [0.1, 0.15) is 0 Å². The number of hydrogen-bond donors (Lipinski definition) is 0. The van der Waals surface area contributed by atoms with Crippen LogP contribution >= 0.6 is 0 Å². The van der Waals surface area contributed by atoms with Crippen LogP contribution in [0.15, 0.2) is 11.6 Å². The average Bonchev–Trinajstić information content (AvgIpc) is 2.35. The van der Waals surface area contributed by atoms with Gasteiger partial charge in [0.2, 0.25) is 0 Å². The highest BCUT2D eigenvalue weighted by Crippen LogP contribution is 2.20. The van der Waals surface area contributed by atoms with Crippen LogP contribution in [0.1, 0.15) is 39.5 Å². The second-order valence-corrected chi connectivity index (χ2v) is 3.64. The molecule has 0 heterocycles. The van der Waals surface area contributed by atoms with Gasteiger partial charge in [-0.1, -0.05) is 19.9 Å². The highest BCUT2D eigenvalue weighted by Gasteiger charge is 2.13. The second-order valence-electron chi connectivity index (χ2n) is 3.64. The van der Waals surface area contributed by atoms with Crippen LogP contribution in [0, 0.1) is 5.92 Å². The minimum Gasteiger partial charge on any atom is -0.295 e. The van der Waals surface area contributed by atoms with Crippen molar-refractivity contribution >= 4 is 5.78 Å². The zero-order valence-electron chi connectivity index (χ0n) is 7.39. The van der Waals surface area contributed by atoms with Crippen molar-refractivity contribution in [3.05, 3.63) is 11.6 Å². The van der Waals surface area contributed by atoms with Gasteiger partial charge in [0.15, 0.2) is 5.78 Å². The molecule has 0 atom stereocenters. The standard InChI is InChI=1S/C10H16O/c1-8(2)7-10(11)9-5-3-4-6-9/h5,8H,3-4,6-7H2,1-2H3. The fourth-order valence-corrected chi connectivity index (χ4v) is 1.43. The van der Waals surface area contributed by atoms with E-state index in [1.807, 2.05) is 0 Å². The monoisotopic (exact) mass is 152 g/mol. The summed E-state index contributed by atoms with van der Waals surface area (Å²) >= 11 is 0. The summed E-state index contributed by atoms with van der Waals surface area (Å²) < 4.78 is 0. The maximum atomic E-state index is 11.4. The SMILES string of the molecule is CC(C)CC(=O)C1=CCCC1. The van der Waals surface area contributed by atoms with E-state index in [0.717, 1.165) is 24.8 Å². The van der Waals surface area contributed by atoms with Crippen molar-refractivity contribution in [3.8, 4) is 0 Å². The Morgan fingerprint density at radius 2 is 2.36 bits per heavy atom. The molecular weight excluding hydrogens is 136 g/mol. The van der Waals surface area contributed by atoms with Crippen LogP contribution in [-0.2, 0) is 4.79 Å². The Morgan fingerprint density at radius 3 is 2.82 bits per heavy atom. The van der Waals surface area contributed by atoms with E-state index >= 15 is 0 Å². The lowest BCUT2D eigenvalue weighted by Gasteiger charge is -2.03. The van der Waals surface area contributed by atoms with Gasteiger partial charge >= 0.3 is 0 Å². The van der Waals surface area contributed by atoms with E-state index in [1.54, 1.807) is 0 Å². The molecule has 11 heavy (non-hydrogen) atoms. The molecule has 0 unspecified atom stereocenters. The summed E-state index contributed by atoms with van der Waals surface area (Å²) in [4.78, 5) is 11.4. The van der Waals surface area contributed by atoms with Crippen LogP contribution in [0.2, 0.25) is 0 Å². The van der Waals surface area contributed by atoms with E-state index < -0.39 is 0 Å². The molecule has 0 fully saturated rings. The quantitative estimate of drug-likeness (QED) is 0.607. The van der Waals surface area contributed by atoms with Gasteiger partial charge in [0.25, 0.3) is 0 Å². The zero-order chi connectivity index (χ0) is 8.27. The van der Waals surface area contributed by atoms with E-state index in [4.69, 9.17) is 0 Å². The van der Waals surface area contributed by atoms with Gasteiger partial charge in [-0.2, -0.15) is 0 Å². The number of allylic oxidation sites excluding steroid dienone is 2. The van der Waals surface area contributed by atoms with Crippen LogP contribution in [0.4, 0.5) is 0 Å². The lowest BCUT2D eigenvalue weighted by atomic mass is 10.0. The molecule has 0 aromatic heterocycles. The molecule has 1 heteroatoms. The second kappa shape index (κ2) is 3.70. The fraction of sp³-hybridized carbons (Fsp3) is 0.700. The van der Waals surface area contributed by atoms with E-state index in [9.17, 15) is 4.79 Å². The van der Waals surface area contributed by atoms with Crippen molar-refractivity contribution in [1.29, 1.82) is 0 Å². The third-order valence-corrected chi connectivity index (χ3v) is 1.99. The van der Waals surface area contributed by atoms with E-state index in [-0.39, 0.29) is 0 Å². The minimum absolute atomic E-state index is 0.373. The zero-order valence-corrected chi connectivity index (χ0v) is 7.39. The third-order valence-electron chi connectivity index (χ3n) is 1.99. The maximum Gasteiger partial charge on any atom is 0.158 e. The molecule has 1 nitrogen and oxygen atoms in total. The van der Waals surface area contributed by atoms with Crippen LogP contribution in [0.3, 0.4) is 0 Å². The molecular formula is C10H16O. The Kier molecular flexibility index (Phi) is 2.86. The lowest BCUT2D eigenvalue weighted by molar-refractivity contribution is -0.116. The van der Waals surface area contributed by atoms with Crippen molar-refractivity contribution in [1.82, 2.24) is 0 Å². The van der Waals surface area contributed by atoms with Gasteiger partial charge in [-0.05, 0) is 30.8 Å². The summed E-state index contributed by atoms with van der Waals surface area (Å²) in [5.74, 6) is 0.876. The molecule has 0 radical (unpaired) electrons. The summed E-state index contributed by atoms with van der Waals surface area (Å²) in [6, 6.07) is 0. The Morgan fingerprint density at radius 1 is 1.64 bits per heavy atom. The first-order valence-electron chi connectivity index (χ1n) is 4.42. The first-order valence-corrected chi connectivity index (χ1v) is 4.42. The van der Waals surface area contributed by atoms with Gasteiger partial charge in [0, 0.05) is 6.42 Å². The Bertz CT molecular complexity index is 177. The summed E-state index contributed by atoms with van der Waals surface area (Å²) in [5.41, 5.74) is 1.08. The van der Waals surface area contributed by atoms with Crippen molar-refractivity contribution in [2.45, 2.75) is 39.5 Å². The average molecular weight is 152 g/mol. The van der Waals surface area contributed by atoms with Gasteiger partial charge in [-0.15, -0.1) is 0 Å². The van der Waals surface area contributed by atoms with Crippen molar-refractivity contribution in [2.75, 3.05) is 0 Å². The van der Waals surface area contributed by atoms with Crippen LogP contribution in [0.25, 0.3) is 0 Å². The maximum absolute atomic E-state index is 11.4. The molecule has 0 amide bonds. The summed E-state index contributed by atoms with van der Waals surface area (Å²) in [6.45, 7) is 4.18. The van der Waals surface area contributed by atoms with E-state index in [2.05, 4.69) is 19.9 Å². The highest BCUT2D eigenvalue weighted by molar-refractivity contribution is 5.95. The summed E-state index contributed by atoms with van der Waals surface area (Å²) in [7, 11) is 0. The molecule has 0 saturated carbocycles. The van der Waals surface area contributed by atoms with Crippen LogP contribution in [-0.4, -0.2) is 5.78 Å². The first kappa shape index (κ1) is 8.51. The molecule has 0 aromatic carbocycles. The number of carbonyl (C=O) groups excluding carboxylic acids is 1. The van der Waals surface area contributed by atoms with Crippen molar-refractivity contribution < 1.29 is 4.79 Å². The van der Waals surface area contributed by atoms with Gasteiger partial charge in [-0.3, -0.25) is 4.79 Å². The summed E-state index contributed by atoms with van der Waals surface area (Å²) in [5, 5.41) is 0. The van der Waals surface area contributed by atoms with Gasteiger partial charge in [0.05, 0.1) is 0 Å².